The van der Waals surface area contributed by atoms with Crippen molar-refractivity contribution in [2.75, 3.05) is 39.3 Å². The van der Waals surface area contributed by atoms with Crippen LogP contribution < -0.4 is 0 Å². The first-order valence-corrected chi connectivity index (χ1v) is 12.2. The van der Waals surface area contributed by atoms with Crippen LogP contribution in [0.2, 0.25) is 5.02 Å². The zero-order valence-electron chi connectivity index (χ0n) is 19.6. The van der Waals surface area contributed by atoms with Gasteiger partial charge in [0.15, 0.2) is 0 Å². The lowest BCUT2D eigenvalue weighted by atomic mass is 9.97. The molecule has 5 rings (SSSR count). The topological polar surface area (TPSA) is 43.9 Å². The van der Waals surface area contributed by atoms with Gasteiger partial charge in [0.25, 0.3) is 11.8 Å². The predicted molar refractivity (Wildman–Crippen MR) is 135 cm³/mol. The van der Waals surface area contributed by atoms with Gasteiger partial charge in [-0.05, 0) is 60.0 Å². The van der Waals surface area contributed by atoms with E-state index in [2.05, 4.69) is 4.90 Å². The number of halogens is 2. The summed E-state index contributed by atoms with van der Waals surface area (Å²) in [5, 5.41) is 0.0824. The second kappa shape index (κ2) is 9.80. The number of hydrogen-bond acceptors (Lipinski definition) is 3. The molecular formula is C28H27ClFN3O2. The first kappa shape index (κ1) is 23.5. The molecule has 0 N–H and O–H groups in total. The van der Waals surface area contributed by atoms with Crippen LogP contribution in [0, 0.1) is 12.7 Å². The van der Waals surface area contributed by atoms with Crippen LogP contribution in [-0.2, 0) is 0 Å². The Morgan fingerprint density at radius 3 is 2.17 bits per heavy atom. The Labute approximate surface area is 209 Å². The second-order valence-corrected chi connectivity index (χ2v) is 9.62. The largest absolute Gasteiger partial charge is 0.336 e. The molecule has 0 radical (unpaired) electrons. The molecule has 2 aliphatic rings. The first-order chi connectivity index (χ1) is 16.9. The average Bonchev–Trinajstić information content (AvgIpc) is 2.85. The third kappa shape index (κ3) is 4.81. The molecule has 3 aromatic carbocycles. The van der Waals surface area contributed by atoms with E-state index in [1.54, 1.807) is 12.1 Å². The van der Waals surface area contributed by atoms with Crippen LogP contribution in [0.15, 0.2) is 66.7 Å². The number of benzene rings is 3. The normalized spacial score (nSPS) is 16.8. The third-order valence-electron chi connectivity index (χ3n) is 6.99. The van der Waals surface area contributed by atoms with Crippen LogP contribution in [-0.4, -0.2) is 71.8 Å². The molecule has 35 heavy (non-hydrogen) atoms. The van der Waals surface area contributed by atoms with Crippen molar-refractivity contribution in [1.82, 2.24) is 14.7 Å². The Hall–Kier alpha value is -3.22. The van der Waals surface area contributed by atoms with Crippen molar-refractivity contribution in [3.05, 3.63) is 94.3 Å². The quantitative estimate of drug-likeness (QED) is 0.529. The van der Waals surface area contributed by atoms with Gasteiger partial charge in [0.1, 0.15) is 5.82 Å². The van der Waals surface area contributed by atoms with Gasteiger partial charge in [0, 0.05) is 56.4 Å². The molecule has 2 amide bonds. The van der Waals surface area contributed by atoms with E-state index in [0.29, 0.717) is 37.8 Å². The summed E-state index contributed by atoms with van der Waals surface area (Å²) in [6.07, 6.45) is 0. The number of carbonyl (C=O) groups excluding carboxylic acids is 2. The monoisotopic (exact) mass is 491 g/mol. The summed E-state index contributed by atoms with van der Waals surface area (Å²) in [4.78, 5) is 31.9. The molecule has 2 saturated heterocycles. The highest BCUT2D eigenvalue weighted by atomic mass is 35.5. The number of piperazine rings is 1. The smallest absolute Gasteiger partial charge is 0.253 e. The van der Waals surface area contributed by atoms with E-state index in [1.807, 2.05) is 65.3 Å². The van der Waals surface area contributed by atoms with Crippen molar-refractivity contribution in [3.63, 3.8) is 0 Å². The van der Waals surface area contributed by atoms with Gasteiger partial charge in [0.05, 0.1) is 5.02 Å². The molecule has 2 fully saturated rings. The molecule has 0 atom stereocenters. The number of amides is 2. The lowest BCUT2D eigenvalue weighted by molar-refractivity contribution is 0.00853. The first-order valence-electron chi connectivity index (χ1n) is 11.8. The van der Waals surface area contributed by atoms with Crippen molar-refractivity contribution in [1.29, 1.82) is 0 Å². The molecule has 2 heterocycles. The van der Waals surface area contributed by atoms with Crippen LogP contribution in [0.4, 0.5) is 4.39 Å². The van der Waals surface area contributed by atoms with Gasteiger partial charge in [-0.2, -0.15) is 0 Å². The predicted octanol–water partition coefficient (Wildman–Crippen LogP) is 4.74. The van der Waals surface area contributed by atoms with Gasteiger partial charge in [-0.1, -0.05) is 41.9 Å². The minimum atomic E-state index is -0.448. The van der Waals surface area contributed by atoms with E-state index in [9.17, 15) is 14.0 Å². The molecular weight excluding hydrogens is 465 g/mol. The average molecular weight is 492 g/mol. The summed E-state index contributed by atoms with van der Waals surface area (Å²) in [6.45, 7) is 6.37. The molecule has 0 aliphatic carbocycles. The fourth-order valence-electron chi connectivity index (χ4n) is 4.87. The van der Waals surface area contributed by atoms with Crippen LogP contribution in [0.1, 0.15) is 26.3 Å². The highest BCUT2D eigenvalue weighted by Gasteiger charge is 2.37. The SMILES string of the molecule is Cc1cc(C(=O)N2CC(N3CCN(C(=O)c4ccccc4)CC3)C2)ccc1-c1ccc(F)c(Cl)c1. The number of carbonyl (C=O) groups is 2. The number of aryl methyl sites for hydroxylation is 1. The number of likely N-dealkylation sites (tertiary alicyclic amines) is 1. The summed E-state index contributed by atoms with van der Waals surface area (Å²) >= 11 is 5.94. The molecule has 5 nitrogen and oxygen atoms in total. The highest BCUT2D eigenvalue weighted by Crippen LogP contribution is 2.29. The Bertz CT molecular complexity index is 1250. The van der Waals surface area contributed by atoms with E-state index in [-0.39, 0.29) is 16.8 Å². The second-order valence-electron chi connectivity index (χ2n) is 9.22. The molecule has 7 heteroatoms. The lowest BCUT2D eigenvalue weighted by Crippen LogP contribution is -2.64. The summed E-state index contributed by atoms with van der Waals surface area (Å²) in [6, 6.07) is 20.0. The zero-order chi connectivity index (χ0) is 24.5. The molecule has 0 unspecified atom stereocenters. The van der Waals surface area contributed by atoms with E-state index >= 15 is 0 Å². The van der Waals surface area contributed by atoms with Gasteiger partial charge in [-0.25, -0.2) is 4.39 Å². The van der Waals surface area contributed by atoms with Gasteiger partial charge < -0.3 is 9.80 Å². The fourth-order valence-corrected chi connectivity index (χ4v) is 5.05. The van der Waals surface area contributed by atoms with Crippen LogP contribution in [0.3, 0.4) is 0 Å². The van der Waals surface area contributed by atoms with Crippen LogP contribution in [0.5, 0.6) is 0 Å². The zero-order valence-corrected chi connectivity index (χ0v) is 20.3. The van der Waals surface area contributed by atoms with Crippen LogP contribution in [0.25, 0.3) is 11.1 Å². The van der Waals surface area contributed by atoms with E-state index in [4.69, 9.17) is 11.6 Å². The summed E-state index contributed by atoms with van der Waals surface area (Å²) in [7, 11) is 0. The fraction of sp³-hybridized carbons (Fsp3) is 0.286. The van der Waals surface area contributed by atoms with E-state index in [1.165, 1.54) is 6.07 Å². The van der Waals surface area contributed by atoms with Gasteiger partial charge in [0.2, 0.25) is 0 Å². The molecule has 2 aliphatic heterocycles. The summed E-state index contributed by atoms with van der Waals surface area (Å²) < 4.78 is 13.5. The third-order valence-corrected chi connectivity index (χ3v) is 7.28. The number of nitrogens with zero attached hydrogens (tertiary/aromatic N) is 3. The maximum absolute atomic E-state index is 13.5. The lowest BCUT2D eigenvalue weighted by Gasteiger charge is -2.48. The van der Waals surface area contributed by atoms with Crippen molar-refractivity contribution in [2.24, 2.45) is 0 Å². The maximum atomic E-state index is 13.5. The molecule has 3 aromatic rings. The molecule has 0 spiro atoms. The minimum absolute atomic E-state index is 0.0194. The van der Waals surface area contributed by atoms with Crippen molar-refractivity contribution in [2.45, 2.75) is 13.0 Å². The molecule has 180 valence electrons. The molecule has 0 aromatic heterocycles. The maximum Gasteiger partial charge on any atom is 0.253 e. The Balaban J connectivity index is 1.15. The van der Waals surface area contributed by atoms with Crippen molar-refractivity contribution >= 4 is 23.4 Å². The molecule has 0 saturated carbocycles. The summed E-state index contributed by atoms with van der Waals surface area (Å²) in [5.74, 6) is -0.347. The van der Waals surface area contributed by atoms with Gasteiger partial charge >= 0.3 is 0 Å². The van der Waals surface area contributed by atoms with Gasteiger partial charge in [-0.3, -0.25) is 14.5 Å². The highest BCUT2D eigenvalue weighted by molar-refractivity contribution is 6.31. The Morgan fingerprint density at radius 2 is 1.51 bits per heavy atom. The number of rotatable bonds is 4. The van der Waals surface area contributed by atoms with Crippen LogP contribution >= 0.6 is 11.6 Å². The van der Waals surface area contributed by atoms with Crippen molar-refractivity contribution in [3.8, 4) is 11.1 Å². The van der Waals surface area contributed by atoms with E-state index in [0.717, 1.165) is 35.3 Å². The van der Waals surface area contributed by atoms with E-state index < -0.39 is 5.82 Å². The Kier molecular flexibility index (Phi) is 6.58. The summed E-state index contributed by atoms with van der Waals surface area (Å²) in [5.41, 5.74) is 4.06. The Morgan fingerprint density at radius 1 is 0.829 bits per heavy atom. The molecule has 0 bridgehead atoms. The van der Waals surface area contributed by atoms with Gasteiger partial charge in [-0.15, -0.1) is 0 Å². The minimum Gasteiger partial charge on any atom is -0.336 e. The van der Waals surface area contributed by atoms with Crippen molar-refractivity contribution < 1.29 is 14.0 Å². The number of hydrogen-bond donors (Lipinski definition) is 0. The standard InChI is InChI=1S/C28H27ClFN3O2/c1-19-15-22(7-9-24(19)21-8-10-26(30)25(29)16-21)28(35)33-17-23(18-33)31-11-13-32(14-12-31)27(34)20-5-3-2-4-6-20/h2-10,15-16,23H,11-14,17-18H2,1H3.